The fourth-order valence-corrected chi connectivity index (χ4v) is 5.40. The number of carbonyl (C=O) groups is 2. The number of nitrogens with one attached hydrogen (secondary N) is 1. The van der Waals surface area contributed by atoms with Gasteiger partial charge in [0.1, 0.15) is 16.9 Å². The smallest absolute Gasteiger partial charge is 0.273 e. The number of amides is 2. The van der Waals surface area contributed by atoms with Gasteiger partial charge in [0.2, 0.25) is 5.91 Å². The van der Waals surface area contributed by atoms with E-state index in [4.69, 9.17) is 4.42 Å². The van der Waals surface area contributed by atoms with Crippen LogP contribution in [0.2, 0.25) is 0 Å². The molecule has 2 atom stereocenters. The second-order valence-electron chi connectivity index (χ2n) is 10.2. The van der Waals surface area contributed by atoms with Crippen LogP contribution in [-0.4, -0.2) is 44.6 Å². The van der Waals surface area contributed by atoms with Crippen LogP contribution in [0.5, 0.6) is 0 Å². The van der Waals surface area contributed by atoms with E-state index >= 15 is 0 Å². The molecular weight excluding hydrogens is 440 g/mol. The molecule has 1 aromatic carbocycles. The summed E-state index contributed by atoms with van der Waals surface area (Å²) >= 11 is 0. The number of benzene rings is 1. The number of nitrogens with zero attached hydrogens (tertiary/aromatic N) is 3. The van der Waals surface area contributed by atoms with Gasteiger partial charge < -0.3 is 14.6 Å². The van der Waals surface area contributed by atoms with E-state index < -0.39 is 5.54 Å². The Morgan fingerprint density at radius 1 is 1.14 bits per heavy atom. The van der Waals surface area contributed by atoms with E-state index in [-0.39, 0.29) is 23.8 Å². The fraction of sp³-hybridized carbons (Fsp3) is 0.464. The van der Waals surface area contributed by atoms with E-state index in [1.807, 2.05) is 31.2 Å². The molecule has 7 heteroatoms. The molecule has 7 nitrogen and oxygen atoms in total. The van der Waals surface area contributed by atoms with Gasteiger partial charge in [0.15, 0.2) is 5.76 Å². The lowest BCUT2D eigenvalue weighted by molar-refractivity contribution is -0.134. The summed E-state index contributed by atoms with van der Waals surface area (Å²) in [5, 5.41) is 7.96. The molecule has 1 aliphatic heterocycles. The van der Waals surface area contributed by atoms with Crippen molar-refractivity contribution in [1.29, 1.82) is 0 Å². The minimum Gasteiger partial charge on any atom is -0.463 e. The quantitative estimate of drug-likeness (QED) is 0.510. The Hall–Kier alpha value is -3.35. The zero-order chi connectivity index (χ0) is 24.4. The van der Waals surface area contributed by atoms with Gasteiger partial charge in [0.25, 0.3) is 5.91 Å². The summed E-state index contributed by atoms with van der Waals surface area (Å²) in [5.41, 5.74) is 1.17. The van der Waals surface area contributed by atoms with Crippen LogP contribution >= 0.6 is 0 Å². The average Bonchev–Trinajstić information content (AvgIpc) is 3.47. The van der Waals surface area contributed by atoms with Crippen molar-refractivity contribution in [3.63, 3.8) is 0 Å². The molecule has 2 amide bonds. The van der Waals surface area contributed by atoms with E-state index in [9.17, 15) is 9.59 Å². The molecule has 3 heterocycles. The van der Waals surface area contributed by atoms with Crippen LogP contribution in [0.4, 0.5) is 0 Å². The van der Waals surface area contributed by atoms with Gasteiger partial charge in [-0.25, -0.2) is 0 Å². The SMILES string of the molecule is C[C@H](CN1C(=O)c2cc(-c3ccco3)nn2C[C@]1(C)C(=O)NC1CCCCCC1)c1ccccc1. The summed E-state index contributed by atoms with van der Waals surface area (Å²) in [6.07, 6.45) is 8.27. The first-order valence-electron chi connectivity index (χ1n) is 12.8. The van der Waals surface area contributed by atoms with Crippen molar-refractivity contribution >= 4 is 11.8 Å². The van der Waals surface area contributed by atoms with Crippen LogP contribution in [0, 0.1) is 0 Å². The summed E-state index contributed by atoms with van der Waals surface area (Å²) in [5.74, 6) is 0.402. The lowest BCUT2D eigenvalue weighted by Crippen LogP contribution is -2.65. The van der Waals surface area contributed by atoms with Crippen molar-refractivity contribution in [2.45, 2.75) is 76.4 Å². The van der Waals surface area contributed by atoms with Gasteiger partial charge in [-0.05, 0) is 43.4 Å². The zero-order valence-electron chi connectivity index (χ0n) is 20.6. The normalized spacial score (nSPS) is 21.9. The third kappa shape index (κ3) is 4.64. The van der Waals surface area contributed by atoms with E-state index in [0.717, 1.165) is 31.2 Å². The maximum Gasteiger partial charge on any atom is 0.273 e. The molecule has 1 fully saturated rings. The first-order chi connectivity index (χ1) is 17.0. The lowest BCUT2D eigenvalue weighted by atomic mass is 9.91. The number of hydrogen-bond donors (Lipinski definition) is 1. The molecule has 3 aromatic rings. The van der Waals surface area contributed by atoms with Crippen LogP contribution in [-0.2, 0) is 11.3 Å². The van der Waals surface area contributed by atoms with E-state index in [1.54, 1.807) is 28.0 Å². The average molecular weight is 475 g/mol. The zero-order valence-corrected chi connectivity index (χ0v) is 20.6. The van der Waals surface area contributed by atoms with E-state index in [1.165, 1.54) is 12.8 Å². The number of furan rings is 1. The van der Waals surface area contributed by atoms with Crippen LogP contribution in [0.15, 0.2) is 59.2 Å². The Kier molecular flexibility index (Phi) is 6.50. The third-order valence-electron chi connectivity index (χ3n) is 7.58. The van der Waals surface area contributed by atoms with Gasteiger partial charge in [-0.3, -0.25) is 14.3 Å². The molecule has 0 unspecified atom stereocenters. The summed E-state index contributed by atoms with van der Waals surface area (Å²) in [6.45, 7) is 4.73. The molecule has 5 rings (SSSR count). The monoisotopic (exact) mass is 474 g/mol. The van der Waals surface area contributed by atoms with Crippen LogP contribution in [0.3, 0.4) is 0 Å². The minimum atomic E-state index is -1.05. The number of aromatic nitrogens is 2. The molecule has 0 spiro atoms. The van der Waals surface area contributed by atoms with E-state index in [2.05, 4.69) is 29.5 Å². The van der Waals surface area contributed by atoms with Crippen molar-refractivity contribution in [3.05, 3.63) is 66.1 Å². The first-order valence-corrected chi connectivity index (χ1v) is 12.8. The maximum absolute atomic E-state index is 13.9. The van der Waals surface area contributed by atoms with Crippen LogP contribution in [0.25, 0.3) is 11.5 Å². The Bertz CT molecular complexity index is 1160. The Balaban J connectivity index is 1.47. The van der Waals surface area contributed by atoms with Gasteiger partial charge in [-0.2, -0.15) is 5.10 Å². The molecule has 2 aliphatic rings. The van der Waals surface area contributed by atoms with Gasteiger partial charge in [-0.15, -0.1) is 0 Å². The highest BCUT2D eigenvalue weighted by Crippen LogP contribution is 2.33. The Morgan fingerprint density at radius 2 is 1.89 bits per heavy atom. The molecule has 2 aromatic heterocycles. The van der Waals surface area contributed by atoms with Crippen molar-refractivity contribution in [2.24, 2.45) is 0 Å². The molecule has 184 valence electrons. The van der Waals surface area contributed by atoms with Crippen molar-refractivity contribution in [2.75, 3.05) is 6.54 Å². The second kappa shape index (κ2) is 9.72. The fourth-order valence-electron chi connectivity index (χ4n) is 5.40. The molecule has 1 N–H and O–H groups in total. The number of carbonyl (C=O) groups excluding carboxylic acids is 2. The minimum absolute atomic E-state index is 0.0733. The predicted octanol–water partition coefficient (Wildman–Crippen LogP) is 5.00. The van der Waals surface area contributed by atoms with Crippen molar-refractivity contribution in [3.8, 4) is 11.5 Å². The molecule has 0 radical (unpaired) electrons. The largest absolute Gasteiger partial charge is 0.463 e. The lowest BCUT2D eigenvalue weighted by Gasteiger charge is -2.44. The first kappa shape index (κ1) is 23.4. The van der Waals surface area contributed by atoms with Gasteiger partial charge in [-0.1, -0.05) is 62.9 Å². The molecule has 1 aliphatic carbocycles. The second-order valence-corrected chi connectivity index (χ2v) is 10.2. The maximum atomic E-state index is 13.9. The number of fused-ring (bicyclic) bond motifs is 1. The third-order valence-corrected chi connectivity index (χ3v) is 7.58. The standard InChI is InChI=1S/C28H34N4O3/c1-20(21-11-6-5-7-12-21)18-31-26(33)24-17-23(25-15-10-16-35-25)30-32(24)19-28(31,2)27(34)29-22-13-8-3-4-9-14-22/h5-7,10-12,15-17,20,22H,3-4,8-9,13-14,18-19H2,1-2H3,(H,29,34)/t20-,28-/m1/s1. The highest BCUT2D eigenvalue weighted by atomic mass is 16.3. The topological polar surface area (TPSA) is 80.4 Å². The Morgan fingerprint density at radius 3 is 2.57 bits per heavy atom. The van der Waals surface area contributed by atoms with E-state index in [0.29, 0.717) is 30.2 Å². The highest BCUT2D eigenvalue weighted by molar-refractivity contribution is 6.00. The summed E-state index contributed by atoms with van der Waals surface area (Å²) < 4.78 is 7.19. The predicted molar refractivity (Wildman–Crippen MR) is 134 cm³/mol. The summed E-state index contributed by atoms with van der Waals surface area (Å²) in [4.78, 5) is 29.5. The summed E-state index contributed by atoms with van der Waals surface area (Å²) in [7, 11) is 0. The van der Waals surface area contributed by atoms with Crippen molar-refractivity contribution < 1.29 is 14.0 Å². The molecule has 0 saturated heterocycles. The number of rotatable bonds is 6. The molecular formula is C28H34N4O3. The van der Waals surface area contributed by atoms with Gasteiger partial charge in [0.05, 0.1) is 12.8 Å². The molecule has 35 heavy (non-hydrogen) atoms. The van der Waals surface area contributed by atoms with Gasteiger partial charge >= 0.3 is 0 Å². The summed E-state index contributed by atoms with van der Waals surface area (Å²) in [6, 6.07) is 15.7. The number of hydrogen-bond acceptors (Lipinski definition) is 4. The van der Waals surface area contributed by atoms with Crippen molar-refractivity contribution in [1.82, 2.24) is 20.0 Å². The molecule has 0 bridgehead atoms. The Labute approximate surface area is 206 Å². The molecule has 1 saturated carbocycles. The van der Waals surface area contributed by atoms with Crippen LogP contribution < -0.4 is 5.32 Å². The van der Waals surface area contributed by atoms with Crippen LogP contribution in [0.1, 0.15) is 74.3 Å². The van der Waals surface area contributed by atoms with Gasteiger partial charge in [0, 0.05) is 18.7 Å². The highest BCUT2D eigenvalue weighted by Gasteiger charge is 2.48.